The third kappa shape index (κ3) is 4.51. The molecule has 0 radical (unpaired) electrons. The van der Waals surface area contributed by atoms with E-state index < -0.39 is 8.32 Å². The molecular formula is C13H26O2S2Si. The van der Waals surface area contributed by atoms with Gasteiger partial charge < -0.3 is 9.16 Å². The average Bonchev–Trinajstić information content (AvgIpc) is 2.18. The van der Waals surface area contributed by atoms with E-state index in [0.29, 0.717) is 21.4 Å². The molecule has 0 aliphatic heterocycles. The topological polar surface area (TPSA) is 18.5 Å². The highest BCUT2D eigenvalue weighted by molar-refractivity contribution is 8.22. The van der Waals surface area contributed by atoms with Gasteiger partial charge in [0.15, 0.2) is 8.32 Å². The van der Waals surface area contributed by atoms with E-state index in [2.05, 4.69) is 33.9 Å². The lowest BCUT2D eigenvalue weighted by Gasteiger charge is -2.44. The van der Waals surface area contributed by atoms with Gasteiger partial charge in [-0.1, -0.05) is 32.5 Å². The van der Waals surface area contributed by atoms with E-state index in [-0.39, 0.29) is 0 Å². The Balaban J connectivity index is 2.25. The monoisotopic (exact) mass is 306 g/mol. The van der Waals surface area contributed by atoms with E-state index in [9.17, 15) is 0 Å². The van der Waals surface area contributed by atoms with Crippen LogP contribution in [-0.2, 0) is 9.16 Å². The summed E-state index contributed by atoms with van der Waals surface area (Å²) in [5, 5.41) is 0.301. The van der Waals surface area contributed by atoms with Gasteiger partial charge in [-0.25, -0.2) is 0 Å². The Hall–Kier alpha value is 0.417. The summed E-state index contributed by atoms with van der Waals surface area (Å²) in [6.45, 7) is 12.3. The zero-order valence-electron chi connectivity index (χ0n) is 12.4. The van der Waals surface area contributed by atoms with Gasteiger partial charge in [-0.05, 0) is 55.4 Å². The fraction of sp³-hybridized carbons (Fsp3) is 0.923. The van der Waals surface area contributed by atoms with Crippen LogP contribution in [0.2, 0.25) is 18.1 Å². The van der Waals surface area contributed by atoms with Crippen LogP contribution in [0.5, 0.6) is 0 Å². The number of hydrogen-bond acceptors (Lipinski definition) is 4. The van der Waals surface area contributed by atoms with Crippen LogP contribution in [0.4, 0.5) is 0 Å². The van der Waals surface area contributed by atoms with Gasteiger partial charge in [0.2, 0.25) is 4.38 Å². The van der Waals surface area contributed by atoms with Gasteiger partial charge in [0.05, 0.1) is 6.61 Å². The Bertz CT molecular complexity index is 294. The standard InChI is InChI=1S/C13H26O2S2Si/c1-13(2,3)18(5,6)15-11-7-10(8-11)9-14-12(16)17-4/h10-11H,7-9H2,1-6H3. The molecule has 1 aliphatic rings. The molecule has 0 heterocycles. The summed E-state index contributed by atoms with van der Waals surface area (Å²) in [5.41, 5.74) is 0. The first kappa shape index (κ1) is 16.5. The Morgan fingerprint density at radius 3 is 2.33 bits per heavy atom. The fourth-order valence-electron chi connectivity index (χ4n) is 1.75. The molecule has 5 heteroatoms. The molecular weight excluding hydrogens is 280 g/mol. The smallest absolute Gasteiger partial charge is 0.219 e. The number of thiocarbonyl (C=S) groups is 1. The molecule has 0 aromatic carbocycles. The van der Waals surface area contributed by atoms with Crippen molar-refractivity contribution in [3.05, 3.63) is 0 Å². The molecule has 1 rings (SSSR count). The summed E-state index contributed by atoms with van der Waals surface area (Å²) in [6.07, 6.45) is 4.65. The second-order valence-electron chi connectivity index (χ2n) is 6.60. The molecule has 0 saturated heterocycles. The second kappa shape index (κ2) is 6.24. The zero-order valence-corrected chi connectivity index (χ0v) is 15.0. The molecule has 106 valence electrons. The molecule has 1 saturated carbocycles. The van der Waals surface area contributed by atoms with Gasteiger partial charge in [-0.2, -0.15) is 0 Å². The lowest BCUT2D eigenvalue weighted by atomic mass is 9.83. The highest BCUT2D eigenvalue weighted by Gasteiger charge is 2.42. The van der Waals surface area contributed by atoms with Crippen LogP contribution in [0.25, 0.3) is 0 Å². The van der Waals surface area contributed by atoms with E-state index >= 15 is 0 Å². The fourth-order valence-corrected chi connectivity index (χ4v) is 3.38. The lowest BCUT2D eigenvalue weighted by molar-refractivity contribution is 0.0279. The first-order valence-corrected chi connectivity index (χ1v) is 11.1. The maximum absolute atomic E-state index is 6.35. The van der Waals surface area contributed by atoms with Crippen molar-refractivity contribution in [2.24, 2.45) is 5.92 Å². The summed E-state index contributed by atoms with van der Waals surface area (Å²) in [5.74, 6) is 0.630. The molecule has 0 N–H and O–H groups in total. The van der Waals surface area contributed by atoms with Crippen LogP contribution in [0.3, 0.4) is 0 Å². The van der Waals surface area contributed by atoms with Crippen LogP contribution in [0.1, 0.15) is 33.6 Å². The Morgan fingerprint density at radius 2 is 1.89 bits per heavy atom. The second-order valence-corrected chi connectivity index (χ2v) is 12.8. The predicted molar refractivity (Wildman–Crippen MR) is 86.9 cm³/mol. The quantitative estimate of drug-likeness (QED) is 0.564. The van der Waals surface area contributed by atoms with E-state index in [1.54, 1.807) is 0 Å². The Labute approximate surface area is 122 Å². The molecule has 0 spiro atoms. The Kier molecular flexibility index (Phi) is 5.71. The molecule has 0 aromatic rings. The third-order valence-electron chi connectivity index (χ3n) is 4.06. The van der Waals surface area contributed by atoms with Gasteiger partial charge in [-0.15, -0.1) is 0 Å². The van der Waals surface area contributed by atoms with Crippen LogP contribution >= 0.6 is 24.0 Å². The highest BCUT2D eigenvalue weighted by Crippen LogP contribution is 2.41. The van der Waals surface area contributed by atoms with Gasteiger partial charge in [-0.3, -0.25) is 0 Å². The summed E-state index contributed by atoms with van der Waals surface area (Å²) in [6, 6.07) is 0. The molecule has 0 aromatic heterocycles. The predicted octanol–water partition coefficient (Wildman–Crippen LogP) is 4.45. The highest BCUT2D eigenvalue weighted by atomic mass is 32.2. The van der Waals surface area contributed by atoms with Gasteiger partial charge in [0.1, 0.15) is 0 Å². The summed E-state index contributed by atoms with van der Waals surface area (Å²) >= 11 is 6.53. The van der Waals surface area contributed by atoms with Crippen molar-refractivity contribution in [2.45, 2.75) is 57.8 Å². The first-order valence-electron chi connectivity index (χ1n) is 6.54. The Morgan fingerprint density at radius 1 is 1.33 bits per heavy atom. The molecule has 0 unspecified atom stereocenters. The van der Waals surface area contributed by atoms with Crippen molar-refractivity contribution < 1.29 is 9.16 Å². The summed E-state index contributed by atoms with van der Waals surface area (Å²) < 4.78 is 12.5. The zero-order chi connectivity index (χ0) is 14.0. The summed E-state index contributed by atoms with van der Waals surface area (Å²) in [7, 11) is -1.59. The van der Waals surface area contributed by atoms with Gasteiger partial charge in [0, 0.05) is 6.10 Å². The molecule has 0 amide bonds. The van der Waals surface area contributed by atoms with E-state index in [4.69, 9.17) is 21.4 Å². The van der Waals surface area contributed by atoms with E-state index in [0.717, 1.165) is 19.4 Å². The summed E-state index contributed by atoms with van der Waals surface area (Å²) in [4.78, 5) is 0. The van der Waals surface area contributed by atoms with Crippen LogP contribution in [-0.4, -0.2) is 31.7 Å². The first-order chi connectivity index (χ1) is 8.15. The third-order valence-corrected chi connectivity index (χ3v) is 9.67. The largest absolute Gasteiger partial charge is 0.478 e. The SMILES string of the molecule is CSC(=S)OCC1CC(O[Si](C)(C)C(C)(C)C)C1. The van der Waals surface area contributed by atoms with Crippen molar-refractivity contribution in [3.8, 4) is 0 Å². The molecule has 2 nitrogen and oxygen atoms in total. The number of thioether (sulfide) groups is 1. The van der Waals surface area contributed by atoms with Gasteiger partial charge >= 0.3 is 0 Å². The molecule has 0 bridgehead atoms. The van der Waals surface area contributed by atoms with Crippen molar-refractivity contribution >= 4 is 36.7 Å². The van der Waals surface area contributed by atoms with Crippen molar-refractivity contribution in [3.63, 3.8) is 0 Å². The maximum Gasteiger partial charge on any atom is 0.219 e. The average molecular weight is 307 g/mol. The van der Waals surface area contributed by atoms with E-state index in [1.807, 2.05) is 6.26 Å². The minimum Gasteiger partial charge on any atom is -0.478 e. The van der Waals surface area contributed by atoms with Gasteiger partial charge in [0.25, 0.3) is 0 Å². The maximum atomic E-state index is 6.35. The lowest BCUT2D eigenvalue weighted by Crippen LogP contribution is -2.48. The minimum atomic E-state index is -1.59. The van der Waals surface area contributed by atoms with E-state index in [1.165, 1.54) is 11.8 Å². The van der Waals surface area contributed by atoms with Crippen molar-refractivity contribution in [1.82, 2.24) is 0 Å². The van der Waals surface area contributed by atoms with Crippen LogP contribution < -0.4 is 0 Å². The number of hydrogen-bond donors (Lipinski definition) is 0. The van der Waals surface area contributed by atoms with Crippen molar-refractivity contribution in [1.29, 1.82) is 0 Å². The molecule has 1 aliphatic carbocycles. The molecule has 1 fully saturated rings. The number of ether oxygens (including phenoxy) is 1. The number of rotatable bonds is 4. The normalized spacial score (nSPS) is 24.6. The van der Waals surface area contributed by atoms with Crippen molar-refractivity contribution in [2.75, 3.05) is 12.9 Å². The minimum absolute atomic E-state index is 0.301. The van der Waals surface area contributed by atoms with Crippen LogP contribution in [0.15, 0.2) is 0 Å². The molecule has 18 heavy (non-hydrogen) atoms. The van der Waals surface area contributed by atoms with Crippen LogP contribution in [0, 0.1) is 5.92 Å². The molecule has 0 atom stereocenters.